The number of amides is 4. The maximum Gasteiger partial charge on any atom is 0.254 e. The first-order valence-corrected chi connectivity index (χ1v) is 9.75. The van der Waals surface area contributed by atoms with E-state index >= 15 is 0 Å². The lowest BCUT2D eigenvalue weighted by molar-refractivity contribution is -0.125. The minimum absolute atomic E-state index is 0.158. The van der Waals surface area contributed by atoms with Crippen molar-refractivity contribution in [2.45, 2.75) is 12.8 Å². The molecule has 8 heteroatoms. The summed E-state index contributed by atoms with van der Waals surface area (Å²) in [6.45, 7) is 0. The lowest BCUT2D eigenvalue weighted by Gasteiger charge is -1.99. The van der Waals surface area contributed by atoms with Gasteiger partial charge in [0.25, 0.3) is 11.8 Å². The van der Waals surface area contributed by atoms with Gasteiger partial charge in [-0.15, -0.1) is 0 Å². The predicted molar refractivity (Wildman–Crippen MR) is 117 cm³/mol. The largest absolute Gasteiger partial charge is 0.497 e. The Labute approximate surface area is 184 Å². The van der Waals surface area contributed by atoms with Crippen molar-refractivity contribution >= 4 is 35.8 Å². The second kappa shape index (κ2) is 10.2. The molecule has 0 aliphatic carbocycles. The molecule has 2 fully saturated rings. The van der Waals surface area contributed by atoms with Gasteiger partial charge in [0.15, 0.2) is 0 Å². The van der Waals surface area contributed by atoms with E-state index in [4.69, 9.17) is 9.47 Å². The molecule has 2 aliphatic rings. The van der Waals surface area contributed by atoms with Crippen LogP contribution in [0.4, 0.5) is 0 Å². The average Bonchev–Trinajstić information content (AvgIpc) is 3.28. The molecule has 4 amide bonds. The number of hydrogen-bond donors (Lipinski definition) is 2. The van der Waals surface area contributed by atoms with Crippen molar-refractivity contribution in [1.82, 2.24) is 10.6 Å². The van der Waals surface area contributed by atoms with Crippen molar-refractivity contribution in [3.63, 3.8) is 0 Å². The molecule has 2 aromatic rings. The lowest BCUT2D eigenvalue weighted by Crippen LogP contribution is -2.19. The van der Waals surface area contributed by atoms with Crippen LogP contribution in [0.3, 0.4) is 0 Å². The van der Waals surface area contributed by atoms with Gasteiger partial charge >= 0.3 is 0 Å². The maximum atomic E-state index is 11.3. The fourth-order valence-electron chi connectivity index (χ4n) is 3.04. The van der Waals surface area contributed by atoms with Crippen molar-refractivity contribution in [3.8, 4) is 11.5 Å². The van der Waals surface area contributed by atoms with Crippen molar-refractivity contribution in [2.24, 2.45) is 0 Å². The average molecular weight is 434 g/mol. The molecule has 2 saturated heterocycles. The highest BCUT2D eigenvalue weighted by Crippen LogP contribution is 2.18. The van der Waals surface area contributed by atoms with E-state index in [0.29, 0.717) is 11.1 Å². The number of imide groups is 2. The minimum atomic E-state index is -0.305. The Hall–Kier alpha value is -4.20. The van der Waals surface area contributed by atoms with Gasteiger partial charge in [-0.2, -0.15) is 0 Å². The molecule has 4 rings (SSSR count). The van der Waals surface area contributed by atoms with Crippen molar-refractivity contribution in [3.05, 3.63) is 70.8 Å². The topological polar surface area (TPSA) is 111 Å². The Kier molecular flexibility index (Phi) is 7.17. The fourth-order valence-corrected chi connectivity index (χ4v) is 3.04. The summed E-state index contributed by atoms with van der Waals surface area (Å²) in [5.41, 5.74) is 2.74. The molecule has 8 nitrogen and oxygen atoms in total. The van der Waals surface area contributed by atoms with Crippen LogP contribution in [-0.2, 0) is 19.2 Å². The molecule has 2 N–H and O–H groups in total. The maximum absolute atomic E-state index is 11.3. The highest BCUT2D eigenvalue weighted by atomic mass is 16.5. The van der Waals surface area contributed by atoms with Crippen molar-refractivity contribution < 1.29 is 28.7 Å². The first kappa shape index (κ1) is 22.5. The van der Waals surface area contributed by atoms with E-state index in [-0.39, 0.29) is 36.5 Å². The fraction of sp³-hybridized carbons (Fsp3) is 0.167. The van der Waals surface area contributed by atoms with Crippen LogP contribution in [0.15, 0.2) is 59.7 Å². The Morgan fingerprint density at radius 2 is 0.969 bits per heavy atom. The SMILES string of the molecule is COc1ccc(/C=C2\CC(=O)NC2=O)cc1.COc1ccc(/C=C2\CC(=O)NC2=O)cc1. The van der Waals surface area contributed by atoms with Crippen molar-refractivity contribution in [1.29, 1.82) is 0 Å². The highest BCUT2D eigenvalue weighted by molar-refractivity contribution is 6.16. The zero-order valence-electron chi connectivity index (χ0n) is 17.6. The Morgan fingerprint density at radius 3 is 1.22 bits per heavy atom. The third-order valence-electron chi connectivity index (χ3n) is 4.70. The molecule has 0 spiro atoms. The molecule has 164 valence electrons. The van der Waals surface area contributed by atoms with E-state index < -0.39 is 0 Å². The summed E-state index contributed by atoms with van der Waals surface area (Å²) in [7, 11) is 3.19. The van der Waals surface area contributed by atoms with E-state index in [1.807, 2.05) is 24.3 Å². The third kappa shape index (κ3) is 5.91. The summed E-state index contributed by atoms with van der Waals surface area (Å²) in [5.74, 6) is 0.416. The van der Waals surface area contributed by atoms with Gasteiger partial charge in [-0.1, -0.05) is 24.3 Å². The molecular formula is C24H22N2O6. The first-order valence-electron chi connectivity index (χ1n) is 9.75. The molecule has 32 heavy (non-hydrogen) atoms. The van der Waals surface area contributed by atoms with Crippen LogP contribution < -0.4 is 20.1 Å². The Bertz CT molecular complexity index is 1010. The van der Waals surface area contributed by atoms with Crippen LogP contribution in [0.1, 0.15) is 24.0 Å². The monoisotopic (exact) mass is 434 g/mol. The normalized spacial score (nSPS) is 17.7. The Morgan fingerprint density at radius 1 is 0.625 bits per heavy atom. The van der Waals surface area contributed by atoms with Crippen LogP contribution in [0.25, 0.3) is 12.2 Å². The molecule has 0 aromatic heterocycles. The molecule has 0 atom stereocenters. The standard InChI is InChI=1S/2C12H11NO3/c2*1-16-10-4-2-8(3-5-10)6-9-7-11(14)13-12(9)15/h2*2-6H,7H2,1H3,(H,13,14,15)/b2*9-6+. The predicted octanol–water partition coefficient (Wildman–Crippen LogP) is 2.25. The minimum Gasteiger partial charge on any atom is -0.497 e. The lowest BCUT2D eigenvalue weighted by atomic mass is 10.1. The highest BCUT2D eigenvalue weighted by Gasteiger charge is 2.24. The summed E-state index contributed by atoms with van der Waals surface area (Å²) in [5, 5.41) is 4.48. The van der Waals surface area contributed by atoms with Gasteiger partial charge < -0.3 is 9.47 Å². The zero-order valence-corrected chi connectivity index (χ0v) is 17.6. The summed E-state index contributed by atoms with van der Waals surface area (Å²) in [4.78, 5) is 44.5. The summed E-state index contributed by atoms with van der Waals surface area (Å²) < 4.78 is 10.0. The summed E-state index contributed by atoms with van der Waals surface area (Å²) >= 11 is 0. The van der Waals surface area contributed by atoms with E-state index in [1.165, 1.54) is 0 Å². The number of nitrogens with one attached hydrogen (secondary N) is 2. The van der Waals surface area contributed by atoms with Gasteiger partial charge in [0, 0.05) is 11.1 Å². The number of ether oxygens (including phenoxy) is 2. The molecule has 0 bridgehead atoms. The third-order valence-corrected chi connectivity index (χ3v) is 4.70. The smallest absolute Gasteiger partial charge is 0.254 e. The molecule has 0 radical (unpaired) electrons. The Balaban J connectivity index is 0.000000181. The van der Waals surface area contributed by atoms with E-state index in [1.54, 1.807) is 50.6 Å². The molecule has 0 unspecified atom stereocenters. The van der Waals surface area contributed by atoms with E-state index in [0.717, 1.165) is 22.6 Å². The van der Waals surface area contributed by atoms with E-state index in [9.17, 15) is 19.2 Å². The number of hydrogen-bond acceptors (Lipinski definition) is 6. The van der Waals surface area contributed by atoms with Crippen LogP contribution in [0.5, 0.6) is 11.5 Å². The first-order chi connectivity index (χ1) is 15.4. The number of carbonyl (C=O) groups is 4. The zero-order chi connectivity index (χ0) is 23.1. The van der Waals surface area contributed by atoms with Gasteiger partial charge in [-0.25, -0.2) is 0 Å². The van der Waals surface area contributed by atoms with Gasteiger partial charge in [0.1, 0.15) is 11.5 Å². The van der Waals surface area contributed by atoms with Gasteiger partial charge in [0.05, 0.1) is 27.1 Å². The number of rotatable bonds is 4. The van der Waals surface area contributed by atoms with Gasteiger partial charge in [-0.05, 0) is 47.5 Å². The molecule has 2 heterocycles. The molecule has 0 saturated carbocycles. The van der Waals surface area contributed by atoms with Crippen LogP contribution >= 0.6 is 0 Å². The number of carbonyl (C=O) groups excluding carboxylic acids is 4. The van der Waals surface area contributed by atoms with Crippen LogP contribution in [-0.4, -0.2) is 37.8 Å². The summed E-state index contributed by atoms with van der Waals surface area (Å²) in [6, 6.07) is 14.6. The second-order valence-corrected chi connectivity index (χ2v) is 6.99. The quantitative estimate of drug-likeness (QED) is 0.564. The van der Waals surface area contributed by atoms with E-state index in [2.05, 4.69) is 10.6 Å². The van der Waals surface area contributed by atoms with Crippen LogP contribution in [0.2, 0.25) is 0 Å². The number of methoxy groups -OCH3 is 2. The number of benzene rings is 2. The van der Waals surface area contributed by atoms with Crippen molar-refractivity contribution in [2.75, 3.05) is 14.2 Å². The molecule has 2 aliphatic heterocycles. The van der Waals surface area contributed by atoms with Crippen LogP contribution in [0, 0.1) is 0 Å². The van der Waals surface area contributed by atoms with Gasteiger partial charge in [0.2, 0.25) is 11.8 Å². The summed E-state index contributed by atoms with van der Waals surface area (Å²) in [6.07, 6.45) is 3.73. The van der Waals surface area contributed by atoms with Gasteiger partial charge in [-0.3, -0.25) is 29.8 Å². The molecular weight excluding hydrogens is 412 g/mol. The second-order valence-electron chi connectivity index (χ2n) is 6.99. The molecule has 2 aromatic carbocycles.